The molecule has 0 N–H and O–H groups in total. The Morgan fingerprint density at radius 2 is 1.90 bits per heavy atom. The van der Waals surface area contributed by atoms with Crippen molar-refractivity contribution in [2.24, 2.45) is 5.92 Å². The van der Waals surface area contributed by atoms with E-state index >= 15 is 0 Å². The molecule has 1 aliphatic rings. The van der Waals surface area contributed by atoms with Gasteiger partial charge in [0.1, 0.15) is 6.29 Å². The highest BCUT2D eigenvalue weighted by Gasteiger charge is 2.23. The zero-order valence-corrected chi connectivity index (χ0v) is 14.4. The molecule has 3 unspecified atom stereocenters. The Morgan fingerprint density at radius 1 is 1.05 bits per heavy atom. The number of unbranched alkanes of at least 4 members (excludes halogenated alkanes) is 3. The van der Waals surface area contributed by atoms with Gasteiger partial charge in [-0.15, -0.1) is 0 Å². The second kappa shape index (κ2) is 11.9. The quantitative estimate of drug-likeness (QED) is 0.222. The van der Waals surface area contributed by atoms with Crippen molar-refractivity contribution in [3.05, 3.63) is 36.5 Å². The second-order valence-corrected chi connectivity index (χ2v) is 7.28. The Labute approximate surface area is 135 Å². The zero-order chi connectivity index (χ0) is 15.3. The third-order valence-corrected chi connectivity index (χ3v) is 5.68. The van der Waals surface area contributed by atoms with Crippen LogP contribution >= 0.6 is 11.8 Å². The van der Waals surface area contributed by atoms with Crippen LogP contribution in [-0.2, 0) is 4.79 Å². The largest absolute Gasteiger partial charge is 0.303 e. The van der Waals surface area contributed by atoms with Crippen LogP contribution in [0.4, 0.5) is 0 Å². The zero-order valence-electron chi connectivity index (χ0n) is 13.5. The molecule has 0 aromatic carbocycles. The molecule has 0 fully saturated rings. The Balaban J connectivity index is 2.24. The first kappa shape index (κ1) is 18.3. The van der Waals surface area contributed by atoms with Crippen LogP contribution < -0.4 is 0 Å². The predicted octanol–water partition coefficient (Wildman–Crippen LogP) is 5.72. The number of aldehydes is 1. The summed E-state index contributed by atoms with van der Waals surface area (Å²) >= 11 is 2.15. The molecular weight excluding hydrogens is 276 g/mol. The monoisotopic (exact) mass is 306 g/mol. The van der Waals surface area contributed by atoms with Crippen LogP contribution in [0.3, 0.4) is 0 Å². The predicted molar refractivity (Wildman–Crippen MR) is 95.8 cm³/mol. The molecule has 21 heavy (non-hydrogen) atoms. The topological polar surface area (TPSA) is 17.1 Å². The Bertz CT molecular complexity index is 357. The van der Waals surface area contributed by atoms with Gasteiger partial charge in [0.25, 0.3) is 0 Å². The molecule has 0 saturated heterocycles. The van der Waals surface area contributed by atoms with E-state index in [0.717, 1.165) is 24.4 Å². The van der Waals surface area contributed by atoms with Crippen LogP contribution in [0.5, 0.6) is 0 Å². The van der Waals surface area contributed by atoms with Gasteiger partial charge in [0, 0.05) is 16.9 Å². The van der Waals surface area contributed by atoms with Gasteiger partial charge in [-0.2, -0.15) is 11.8 Å². The van der Waals surface area contributed by atoms with E-state index < -0.39 is 0 Å². The lowest BCUT2D eigenvalue weighted by Crippen LogP contribution is -2.21. The van der Waals surface area contributed by atoms with E-state index in [2.05, 4.69) is 55.1 Å². The number of hydrogen-bond acceptors (Lipinski definition) is 2. The fourth-order valence-corrected chi connectivity index (χ4v) is 4.18. The van der Waals surface area contributed by atoms with Crippen molar-refractivity contribution < 1.29 is 4.79 Å². The van der Waals surface area contributed by atoms with Crippen molar-refractivity contribution in [2.75, 3.05) is 0 Å². The lowest BCUT2D eigenvalue weighted by atomic mass is 10.00. The molecule has 0 aromatic rings. The third kappa shape index (κ3) is 8.31. The maximum Gasteiger partial charge on any atom is 0.119 e. The van der Waals surface area contributed by atoms with Crippen LogP contribution in [0, 0.1) is 5.92 Å². The standard InChI is InChI=1S/C19H30OS/c1-3-4-5-6-7-10-13-19-17(2)14-15-18(21-19)12-9-8-11-16-20/h3-6,14-19H,7-13H2,1-2H3/b4-3+,6-5+. The maximum atomic E-state index is 10.3. The van der Waals surface area contributed by atoms with Crippen molar-refractivity contribution in [3.63, 3.8) is 0 Å². The fourth-order valence-electron chi connectivity index (χ4n) is 2.61. The first-order valence-electron chi connectivity index (χ1n) is 8.33. The van der Waals surface area contributed by atoms with Crippen molar-refractivity contribution in [2.45, 2.75) is 69.3 Å². The molecule has 118 valence electrons. The molecule has 0 saturated carbocycles. The number of hydrogen-bond donors (Lipinski definition) is 0. The summed E-state index contributed by atoms with van der Waals surface area (Å²) in [6.45, 7) is 4.39. The highest BCUT2D eigenvalue weighted by Crippen LogP contribution is 2.36. The molecule has 0 bridgehead atoms. The molecule has 1 rings (SSSR count). The molecule has 0 aromatic heterocycles. The Kier molecular flexibility index (Phi) is 10.3. The minimum absolute atomic E-state index is 0.663. The fraction of sp³-hybridized carbons (Fsp3) is 0.632. The van der Waals surface area contributed by atoms with E-state index in [1.54, 1.807) is 0 Å². The molecule has 0 spiro atoms. The number of carbonyl (C=O) groups is 1. The number of carbonyl (C=O) groups excluding carboxylic acids is 1. The first-order chi connectivity index (χ1) is 10.3. The molecule has 3 atom stereocenters. The number of allylic oxidation sites excluding steroid dienone is 5. The Morgan fingerprint density at radius 3 is 2.67 bits per heavy atom. The minimum Gasteiger partial charge on any atom is -0.303 e. The van der Waals surface area contributed by atoms with Gasteiger partial charge in [-0.05, 0) is 44.9 Å². The second-order valence-electron chi connectivity index (χ2n) is 5.79. The van der Waals surface area contributed by atoms with E-state index in [1.807, 2.05) is 6.92 Å². The van der Waals surface area contributed by atoms with E-state index in [0.29, 0.717) is 11.2 Å². The summed E-state index contributed by atoms with van der Waals surface area (Å²) < 4.78 is 0. The maximum absolute atomic E-state index is 10.3. The van der Waals surface area contributed by atoms with Gasteiger partial charge in [-0.25, -0.2) is 0 Å². The molecule has 1 heterocycles. The molecule has 2 heteroatoms. The summed E-state index contributed by atoms with van der Waals surface area (Å²) in [4.78, 5) is 10.3. The van der Waals surface area contributed by atoms with Gasteiger partial charge in [-0.3, -0.25) is 0 Å². The lowest BCUT2D eigenvalue weighted by Gasteiger charge is -2.29. The average molecular weight is 307 g/mol. The van der Waals surface area contributed by atoms with Gasteiger partial charge in [0.15, 0.2) is 0 Å². The number of thioether (sulfide) groups is 1. The molecule has 0 aliphatic carbocycles. The SMILES string of the molecule is C/C=C/C=C/CCCC1SC(CCCCC=O)C=CC1C. The van der Waals surface area contributed by atoms with Crippen molar-refractivity contribution >= 4 is 18.0 Å². The van der Waals surface area contributed by atoms with Crippen LogP contribution in [0.1, 0.15) is 58.8 Å². The van der Waals surface area contributed by atoms with Crippen molar-refractivity contribution in [3.8, 4) is 0 Å². The van der Waals surface area contributed by atoms with Crippen LogP contribution in [0.25, 0.3) is 0 Å². The molecule has 1 aliphatic heterocycles. The summed E-state index contributed by atoms with van der Waals surface area (Å²) in [6.07, 6.45) is 22.3. The van der Waals surface area contributed by atoms with Crippen molar-refractivity contribution in [1.29, 1.82) is 0 Å². The van der Waals surface area contributed by atoms with E-state index in [-0.39, 0.29) is 0 Å². The summed E-state index contributed by atoms with van der Waals surface area (Å²) in [5.41, 5.74) is 0. The molecule has 1 nitrogen and oxygen atoms in total. The van der Waals surface area contributed by atoms with Crippen molar-refractivity contribution in [1.82, 2.24) is 0 Å². The lowest BCUT2D eigenvalue weighted by molar-refractivity contribution is -0.107. The van der Waals surface area contributed by atoms with Gasteiger partial charge < -0.3 is 4.79 Å². The normalized spacial score (nSPS) is 25.9. The molecular formula is C19H30OS. The van der Waals surface area contributed by atoms with Gasteiger partial charge >= 0.3 is 0 Å². The first-order valence-corrected chi connectivity index (χ1v) is 9.27. The summed E-state index contributed by atoms with van der Waals surface area (Å²) in [5.74, 6) is 0.695. The molecule has 0 amide bonds. The van der Waals surface area contributed by atoms with Gasteiger partial charge in [-0.1, -0.05) is 49.8 Å². The molecule has 0 radical (unpaired) electrons. The van der Waals surface area contributed by atoms with Crippen LogP contribution in [-0.4, -0.2) is 16.8 Å². The summed E-state index contributed by atoms with van der Waals surface area (Å²) in [5, 5.41) is 1.43. The van der Waals surface area contributed by atoms with Crippen LogP contribution in [0.15, 0.2) is 36.5 Å². The third-order valence-electron chi connectivity index (χ3n) is 3.93. The smallest absolute Gasteiger partial charge is 0.119 e. The average Bonchev–Trinajstić information content (AvgIpc) is 2.50. The highest BCUT2D eigenvalue weighted by atomic mass is 32.2. The van der Waals surface area contributed by atoms with E-state index in [4.69, 9.17) is 0 Å². The van der Waals surface area contributed by atoms with Gasteiger partial charge in [0.05, 0.1) is 0 Å². The summed E-state index contributed by atoms with van der Waals surface area (Å²) in [7, 11) is 0. The minimum atomic E-state index is 0.663. The highest BCUT2D eigenvalue weighted by molar-refractivity contribution is 8.00. The van der Waals surface area contributed by atoms with Crippen LogP contribution in [0.2, 0.25) is 0 Å². The van der Waals surface area contributed by atoms with Gasteiger partial charge in [0.2, 0.25) is 0 Å². The van der Waals surface area contributed by atoms with E-state index in [9.17, 15) is 4.79 Å². The Hall–Kier alpha value is -0.760. The van der Waals surface area contributed by atoms with E-state index in [1.165, 1.54) is 32.1 Å². The summed E-state index contributed by atoms with van der Waals surface area (Å²) in [6, 6.07) is 0. The number of rotatable bonds is 10.